The molecule has 9 nitrogen and oxygen atoms in total. The highest BCUT2D eigenvalue weighted by atomic mass is 127. The molecule has 1 aliphatic rings. The molecule has 0 radical (unpaired) electrons. The first-order valence-electron chi connectivity index (χ1n) is 11.0. The van der Waals surface area contributed by atoms with Crippen molar-refractivity contribution in [1.29, 1.82) is 0 Å². The Hall–Kier alpha value is -3.67. The molecule has 0 fully saturated rings. The summed E-state index contributed by atoms with van der Waals surface area (Å²) < 4.78 is 9.35. The van der Waals surface area contributed by atoms with Gasteiger partial charge in [-0.2, -0.15) is 5.10 Å². The van der Waals surface area contributed by atoms with Gasteiger partial charge in [-0.25, -0.2) is 8.00 Å². The summed E-state index contributed by atoms with van der Waals surface area (Å²) >= 11 is 1.79. The number of carbonyl (C=O) groups excluding carboxylic acids is 1. The Bertz CT molecular complexity index is 1350. The molecule has 1 amide bonds. The number of para-hydroxylation sites is 1. The summed E-state index contributed by atoms with van der Waals surface area (Å²) in [6.07, 6.45) is 4.37. The van der Waals surface area contributed by atoms with Crippen LogP contribution in [-0.4, -0.2) is 33.5 Å². The minimum absolute atomic E-state index is 0.0492. The standard InChI is InChI=1S/C25H23IN4O5/c1-14(28-26)22(24(32)27-17-10-9-15-5-2-3-6-16(15)13-17)30-29-19-8-4-7-18(23(19)31)20-11-12-21(35-20)25(33)34/h4,7-13,29,31H,2-3,5-6H2,1H3,(H,27,32)(H,33,34)/b28-14?,30-22-. The van der Waals surface area contributed by atoms with E-state index in [-0.39, 0.29) is 34.2 Å². The predicted molar refractivity (Wildman–Crippen MR) is 143 cm³/mol. The van der Waals surface area contributed by atoms with Crippen LogP contribution in [0.4, 0.5) is 11.4 Å². The number of carboxylic acid groups (broad SMARTS) is 1. The highest BCUT2D eigenvalue weighted by Gasteiger charge is 2.19. The Morgan fingerprint density at radius 2 is 1.83 bits per heavy atom. The maximum atomic E-state index is 13.0. The van der Waals surface area contributed by atoms with Crippen LogP contribution < -0.4 is 10.7 Å². The van der Waals surface area contributed by atoms with E-state index in [4.69, 9.17) is 9.52 Å². The summed E-state index contributed by atoms with van der Waals surface area (Å²) in [6.45, 7) is 1.66. The Morgan fingerprint density at radius 1 is 1.06 bits per heavy atom. The van der Waals surface area contributed by atoms with Gasteiger partial charge < -0.3 is 19.9 Å². The van der Waals surface area contributed by atoms with Gasteiger partial charge in [0.2, 0.25) is 5.76 Å². The van der Waals surface area contributed by atoms with Crippen LogP contribution in [0.15, 0.2) is 61.3 Å². The van der Waals surface area contributed by atoms with Crippen molar-refractivity contribution in [3.05, 3.63) is 65.4 Å². The number of aryl methyl sites for hydroxylation is 2. The van der Waals surface area contributed by atoms with Gasteiger partial charge in [0.05, 0.1) is 39.8 Å². The number of fused-ring (bicyclic) bond motifs is 1. The number of halogens is 1. The molecule has 180 valence electrons. The minimum atomic E-state index is -1.21. The number of carbonyl (C=O) groups is 2. The molecule has 0 spiro atoms. The quantitative estimate of drug-likeness (QED) is 0.126. The van der Waals surface area contributed by atoms with E-state index in [0.717, 1.165) is 19.3 Å². The molecular formula is C25H23IN4O5. The van der Waals surface area contributed by atoms with Crippen molar-refractivity contribution in [2.75, 3.05) is 10.7 Å². The number of anilines is 2. The van der Waals surface area contributed by atoms with E-state index in [1.54, 1.807) is 48.0 Å². The van der Waals surface area contributed by atoms with Gasteiger partial charge in [-0.3, -0.25) is 10.2 Å². The molecule has 0 atom stereocenters. The number of amides is 1. The number of benzene rings is 2. The van der Waals surface area contributed by atoms with Crippen molar-refractivity contribution in [1.82, 2.24) is 0 Å². The lowest BCUT2D eigenvalue weighted by molar-refractivity contribution is -0.110. The van der Waals surface area contributed by atoms with Crippen LogP contribution in [0.1, 0.15) is 41.4 Å². The molecule has 1 heterocycles. The van der Waals surface area contributed by atoms with Crippen LogP contribution in [0, 0.1) is 0 Å². The van der Waals surface area contributed by atoms with Gasteiger partial charge in [-0.1, -0.05) is 12.1 Å². The van der Waals surface area contributed by atoms with E-state index in [2.05, 4.69) is 19.0 Å². The van der Waals surface area contributed by atoms with Crippen molar-refractivity contribution < 1.29 is 24.2 Å². The Kier molecular flexibility index (Phi) is 7.49. The van der Waals surface area contributed by atoms with E-state index < -0.39 is 11.9 Å². The summed E-state index contributed by atoms with van der Waals surface area (Å²) in [5.74, 6) is -1.92. The third-order valence-electron chi connectivity index (χ3n) is 5.70. The molecule has 0 unspecified atom stereocenters. The minimum Gasteiger partial charge on any atom is -0.505 e. The number of nitrogens with one attached hydrogen (secondary N) is 2. The molecule has 3 aromatic rings. The van der Waals surface area contributed by atoms with Gasteiger partial charge in [0.25, 0.3) is 5.91 Å². The molecule has 35 heavy (non-hydrogen) atoms. The molecule has 0 bridgehead atoms. The summed E-state index contributed by atoms with van der Waals surface area (Å²) in [4.78, 5) is 24.1. The fourth-order valence-electron chi connectivity index (χ4n) is 3.88. The Morgan fingerprint density at radius 3 is 2.54 bits per heavy atom. The van der Waals surface area contributed by atoms with E-state index in [0.29, 0.717) is 11.4 Å². The largest absolute Gasteiger partial charge is 0.505 e. The summed E-state index contributed by atoms with van der Waals surface area (Å²) in [5, 5.41) is 26.9. The van der Waals surface area contributed by atoms with Crippen LogP contribution in [0.5, 0.6) is 5.75 Å². The van der Waals surface area contributed by atoms with Crippen LogP contribution in [0.25, 0.3) is 11.3 Å². The van der Waals surface area contributed by atoms with E-state index in [1.165, 1.54) is 29.7 Å². The van der Waals surface area contributed by atoms with Gasteiger partial charge in [-0.15, -0.1) is 0 Å². The lowest BCUT2D eigenvalue weighted by atomic mass is 9.91. The molecule has 1 aromatic heterocycles. The zero-order valence-corrected chi connectivity index (χ0v) is 21.0. The SMILES string of the molecule is CC(=NI)/C(=N/Nc1cccc(-c2ccc(C(=O)O)o2)c1O)C(=O)Nc1ccc2c(c1)CCCC2. The monoisotopic (exact) mass is 586 g/mol. The average Bonchev–Trinajstić information content (AvgIpc) is 3.35. The Labute approximate surface area is 215 Å². The third kappa shape index (κ3) is 5.53. The molecule has 2 aromatic carbocycles. The maximum absolute atomic E-state index is 13.0. The molecule has 4 rings (SSSR count). The van der Waals surface area contributed by atoms with Gasteiger partial charge in [-0.05, 0) is 80.1 Å². The first kappa shape index (κ1) is 24.5. The number of aromatic carboxylic acids is 1. The number of carboxylic acids is 1. The second-order valence-corrected chi connectivity index (χ2v) is 8.54. The number of phenolic OH excluding ortho intramolecular Hbond substituents is 1. The van der Waals surface area contributed by atoms with Crippen LogP contribution >= 0.6 is 22.9 Å². The second kappa shape index (κ2) is 10.7. The zero-order valence-electron chi connectivity index (χ0n) is 18.8. The summed E-state index contributed by atoms with van der Waals surface area (Å²) in [5.41, 5.74) is 6.88. The number of phenols is 1. The highest BCUT2D eigenvalue weighted by molar-refractivity contribution is 14.1. The topological polar surface area (TPSA) is 137 Å². The predicted octanol–water partition coefficient (Wildman–Crippen LogP) is 5.45. The van der Waals surface area contributed by atoms with Crippen LogP contribution in [-0.2, 0) is 17.6 Å². The van der Waals surface area contributed by atoms with Crippen molar-refractivity contribution in [3.8, 4) is 17.1 Å². The van der Waals surface area contributed by atoms with Crippen molar-refractivity contribution in [2.45, 2.75) is 32.6 Å². The molecule has 10 heteroatoms. The van der Waals surface area contributed by atoms with Crippen molar-refractivity contribution in [2.24, 2.45) is 8.31 Å². The highest BCUT2D eigenvalue weighted by Crippen LogP contribution is 2.36. The lowest BCUT2D eigenvalue weighted by Gasteiger charge is -2.17. The molecule has 0 saturated carbocycles. The fourth-order valence-corrected chi connectivity index (χ4v) is 4.11. The molecule has 1 aliphatic carbocycles. The van der Waals surface area contributed by atoms with Crippen LogP contribution in [0.3, 0.4) is 0 Å². The van der Waals surface area contributed by atoms with Crippen LogP contribution in [0.2, 0.25) is 0 Å². The van der Waals surface area contributed by atoms with Gasteiger partial charge >= 0.3 is 5.97 Å². The normalized spacial score (nSPS) is 13.8. The first-order valence-corrected chi connectivity index (χ1v) is 11.9. The molecule has 4 N–H and O–H groups in total. The van der Waals surface area contributed by atoms with Gasteiger partial charge in [0, 0.05) is 5.69 Å². The van der Waals surface area contributed by atoms with E-state index >= 15 is 0 Å². The summed E-state index contributed by atoms with van der Waals surface area (Å²) in [7, 11) is 0. The number of hydrazone groups is 1. The number of furan rings is 1. The van der Waals surface area contributed by atoms with Crippen molar-refractivity contribution >= 4 is 57.5 Å². The average molecular weight is 586 g/mol. The Balaban J connectivity index is 1.57. The number of nitrogens with zero attached hydrogens (tertiary/aromatic N) is 2. The number of hydrogen-bond donors (Lipinski definition) is 4. The number of rotatable bonds is 7. The lowest BCUT2D eigenvalue weighted by Crippen LogP contribution is -2.29. The number of hydrogen-bond acceptors (Lipinski definition) is 7. The molecule has 0 aliphatic heterocycles. The fraction of sp³-hybridized carbons (Fsp3) is 0.200. The smallest absolute Gasteiger partial charge is 0.371 e. The number of aromatic hydroxyl groups is 1. The van der Waals surface area contributed by atoms with E-state index in [9.17, 15) is 14.7 Å². The van der Waals surface area contributed by atoms with Crippen molar-refractivity contribution in [3.63, 3.8) is 0 Å². The summed E-state index contributed by atoms with van der Waals surface area (Å²) in [6, 6.07) is 13.5. The van der Waals surface area contributed by atoms with Gasteiger partial charge in [0.1, 0.15) is 5.76 Å². The molecular weight excluding hydrogens is 563 g/mol. The maximum Gasteiger partial charge on any atom is 0.371 e. The van der Waals surface area contributed by atoms with Gasteiger partial charge in [0.15, 0.2) is 11.5 Å². The zero-order chi connectivity index (χ0) is 24.9. The second-order valence-electron chi connectivity index (χ2n) is 8.06. The van der Waals surface area contributed by atoms with E-state index in [1.807, 2.05) is 18.2 Å². The first-order chi connectivity index (χ1) is 16.9. The third-order valence-corrected chi connectivity index (χ3v) is 6.42. The molecule has 0 saturated heterocycles.